The Labute approximate surface area is 101 Å². The Morgan fingerprint density at radius 2 is 1.81 bits per heavy atom. The molecule has 2 heteroatoms. The Morgan fingerprint density at radius 3 is 2.19 bits per heavy atom. The Bertz CT molecular complexity index is 237. The zero-order valence-corrected chi connectivity index (χ0v) is 11.8. The fourth-order valence-corrected chi connectivity index (χ4v) is 1.62. The van der Waals surface area contributed by atoms with E-state index < -0.39 is 0 Å². The summed E-state index contributed by atoms with van der Waals surface area (Å²) in [6.45, 7) is 13.3. The standard InChI is InChI=1S/C10H17N.C2H5N.C2H6/c1-4-9-6-7-11-10(5-2)8(9)3;1-2-3;1-2/h5,11H,4,6-7H2,1-3H3;2-3H,1H3;1-2H3/b10-5-;;. The van der Waals surface area contributed by atoms with Crippen molar-refractivity contribution in [3.05, 3.63) is 22.9 Å². The van der Waals surface area contributed by atoms with Crippen molar-refractivity contribution in [2.45, 2.75) is 54.4 Å². The fraction of sp³-hybridized carbons (Fsp3) is 0.643. The summed E-state index contributed by atoms with van der Waals surface area (Å²) in [6, 6.07) is 0. The number of nitrogens with one attached hydrogen (secondary N) is 2. The molecule has 1 aliphatic rings. The van der Waals surface area contributed by atoms with Crippen molar-refractivity contribution in [2.75, 3.05) is 6.54 Å². The lowest BCUT2D eigenvalue weighted by molar-refractivity contribution is 0.721. The normalized spacial score (nSPS) is 16.5. The quantitative estimate of drug-likeness (QED) is 0.640. The molecule has 0 unspecified atom stereocenters. The van der Waals surface area contributed by atoms with E-state index in [1.54, 1.807) is 12.5 Å². The van der Waals surface area contributed by atoms with Gasteiger partial charge in [0.05, 0.1) is 0 Å². The lowest BCUT2D eigenvalue weighted by atomic mass is 9.97. The van der Waals surface area contributed by atoms with Crippen LogP contribution in [0.4, 0.5) is 0 Å². The van der Waals surface area contributed by atoms with Crippen LogP contribution in [0.1, 0.15) is 54.4 Å². The molecule has 0 aromatic rings. The van der Waals surface area contributed by atoms with Gasteiger partial charge in [0.2, 0.25) is 0 Å². The minimum absolute atomic E-state index is 1.11. The number of hydrogen-bond acceptors (Lipinski definition) is 2. The molecule has 2 N–H and O–H groups in total. The lowest BCUT2D eigenvalue weighted by Gasteiger charge is -2.21. The van der Waals surface area contributed by atoms with Gasteiger partial charge in [0.15, 0.2) is 0 Å². The van der Waals surface area contributed by atoms with Gasteiger partial charge in [-0.25, -0.2) is 0 Å². The van der Waals surface area contributed by atoms with E-state index in [0.29, 0.717) is 0 Å². The van der Waals surface area contributed by atoms with Crippen LogP contribution in [0.15, 0.2) is 22.9 Å². The number of hydrogen-bond donors (Lipinski definition) is 2. The summed E-state index contributed by atoms with van der Waals surface area (Å²) in [5.41, 5.74) is 4.39. The summed E-state index contributed by atoms with van der Waals surface area (Å²) in [5, 5.41) is 9.47. The minimum atomic E-state index is 1.11. The summed E-state index contributed by atoms with van der Waals surface area (Å²) in [5.74, 6) is 0. The van der Waals surface area contributed by atoms with Crippen molar-refractivity contribution in [3.8, 4) is 0 Å². The predicted molar refractivity (Wildman–Crippen MR) is 75.2 cm³/mol. The first-order chi connectivity index (χ1) is 7.71. The Balaban J connectivity index is 0. The van der Waals surface area contributed by atoms with Gasteiger partial charge in [-0.3, -0.25) is 0 Å². The molecule has 0 aromatic carbocycles. The smallest absolute Gasteiger partial charge is 0.0326 e. The first-order valence-corrected chi connectivity index (χ1v) is 6.25. The molecule has 0 fully saturated rings. The highest BCUT2D eigenvalue weighted by molar-refractivity contribution is 5.48. The largest absolute Gasteiger partial charge is 0.385 e. The monoisotopic (exact) mass is 224 g/mol. The molecule has 94 valence electrons. The Kier molecular flexibility index (Phi) is 13.0. The molecule has 0 aromatic heterocycles. The average Bonchev–Trinajstić information content (AvgIpc) is 2.33. The van der Waals surface area contributed by atoms with E-state index in [0.717, 1.165) is 6.54 Å². The van der Waals surface area contributed by atoms with Crippen LogP contribution in [-0.4, -0.2) is 12.8 Å². The van der Waals surface area contributed by atoms with Crippen LogP contribution in [-0.2, 0) is 0 Å². The van der Waals surface area contributed by atoms with Gasteiger partial charge in [-0.1, -0.05) is 32.4 Å². The zero-order valence-electron chi connectivity index (χ0n) is 11.8. The van der Waals surface area contributed by atoms with Gasteiger partial charge in [-0.05, 0) is 45.4 Å². The van der Waals surface area contributed by atoms with Crippen molar-refractivity contribution in [1.29, 1.82) is 5.41 Å². The van der Waals surface area contributed by atoms with Crippen LogP contribution in [0.5, 0.6) is 0 Å². The summed E-state index contributed by atoms with van der Waals surface area (Å²) < 4.78 is 0. The molecular weight excluding hydrogens is 196 g/mol. The van der Waals surface area contributed by atoms with Crippen LogP contribution >= 0.6 is 0 Å². The topological polar surface area (TPSA) is 35.9 Å². The second-order valence-corrected chi connectivity index (χ2v) is 3.25. The van der Waals surface area contributed by atoms with Gasteiger partial charge in [0.1, 0.15) is 0 Å². The van der Waals surface area contributed by atoms with Crippen LogP contribution in [0.2, 0.25) is 0 Å². The van der Waals surface area contributed by atoms with Crippen LogP contribution in [0.3, 0.4) is 0 Å². The molecule has 0 radical (unpaired) electrons. The number of allylic oxidation sites excluding steroid dienone is 2. The second kappa shape index (κ2) is 12.0. The van der Waals surface area contributed by atoms with E-state index in [-0.39, 0.29) is 0 Å². The van der Waals surface area contributed by atoms with Crippen molar-refractivity contribution in [1.82, 2.24) is 5.32 Å². The third kappa shape index (κ3) is 6.44. The van der Waals surface area contributed by atoms with Crippen molar-refractivity contribution in [3.63, 3.8) is 0 Å². The van der Waals surface area contributed by atoms with Gasteiger partial charge < -0.3 is 10.7 Å². The molecule has 0 atom stereocenters. The lowest BCUT2D eigenvalue weighted by Crippen LogP contribution is -2.21. The van der Waals surface area contributed by atoms with Gasteiger partial charge in [-0.15, -0.1) is 0 Å². The van der Waals surface area contributed by atoms with Crippen molar-refractivity contribution >= 4 is 6.21 Å². The van der Waals surface area contributed by atoms with E-state index in [4.69, 9.17) is 5.41 Å². The van der Waals surface area contributed by atoms with Crippen LogP contribution < -0.4 is 5.32 Å². The summed E-state index contributed by atoms with van der Waals surface area (Å²) in [4.78, 5) is 0. The molecule has 0 saturated heterocycles. The van der Waals surface area contributed by atoms with E-state index in [1.807, 2.05) is 13.8 Å². The van der Waals surface area contributed by atoms with Crippen molar-refractivity contribution in [2.24, 2.45) is 0 Å². The first kappa shape index (κ1) is 17.3. The molecule has 1 aliphatic heterocycles. The molecule has 2 nitrogen and oxygen atoms in total. The molecule has 0 bridgehead atoms. The molecule has 0 amide bonds. The van der Waals surface area contributed by atoms with Crippen LogP contribution in [0.25, 0.3) is 0 Å². The third-order valence-corrected chi connectivity index (χ3v) is 2.39. The zero-order chi connectivity index (χ0) is 13.0. The molecule has 0 spiro atoms. The maximum atomic E-state index is 6.08. The van der Waals surface area contributed by atoms with Crippen LogP contribution in [0, 0.1) is 5.41 Å². The predicted octanol–water partition coefficient (Wildman–Crippen LogP) is 4.29. The Hall–Kier alpha value is -1.05. The average molecular weight is 224 g/mol. The van der Waals surface area contributed by atoms with Crippen molar-refractivity contribution < 1.29 is 0 Å². The molecular formula is C14H28N2. The minimum Gasteiger partial charge on any atom is -0.385 e. The maximum absolute atomic E-state index is 6.08. The summed E-state index contributed by atoms with van der Waals surface area (Å²) in [7, 11) is 0. The molecule has 0 saturated carbocycles. The number of rotatable bonds is 1. The van der Waals surface area contributed by atoms with E-state index in [2.05, 4.69) is 32.2 Å². The molecule has 1 rings (SSSR count). The third-order valence-electron chi connectivity index (χ3n) is 2.39. The maximum Gasteiger partial charge on any atom is 0.0326 e. The SMILES string of the molecule is C/C=C1\NCCC(CC)=C1C.CC.CC=N. The molecule has 16 heavy (non-hydrogen) atoms. The molecule has 0 aliphatic carbocycles. The van der Waals surface area contributed by atoms with Gasteiger partial charge >= 0.3 is 0 Å². The second-order valence-electron chi connectivity index (χ2n) is 3.25. The highest BCUT2D eigenvalue weighted by atomic mass is 14.9. The van der Waals surface area contributed by atoms with E-state index in [9.17, 15) is 0 Å². The highest BCUT2D eigenvalue weighted by Gasteiger charge is 2.09. The van der Waals surface area contributed by atoms with E-state index in [1.165, 1.54) is 30.3 Å². The molecule has 1 heterocycles. The highest BCUT2D eigenvalue weighted by Crippen LogP contribution is 2.21. The van der Waals surface area contributed by atoms with Gasteiger partial charge in [0.25, 0.3) is 0 Å². The fourth-order valence-electron chi connectivity index (χ4n) is 1.62. The summed E-state index contributed by atoms with van der Waals surface area (Å²) >= 11 is 0. The van der Waals surface area contributed by atoms with Gasteiger partial charge in [-0.2, -0.15) is 0 Å². The van der Waals surface area contributed by atoms with E-state index >= 15 is 0 Å². The first-order valence-electron chi connectivity index (χ1n) is 6.25. The Morgan fingerprint density at radius 1 is 1.31 bits per heavy atom. The van der Waals surface area contributed by atoms with Gasteiger partial charge in [0, 0.05) is 12.2 Å². The summed E-state index contributed by atoms with van der Waals surface area (Å²) in [6.07, 6.45) is 5.83.